The maximum absolute atomic E-state index is 11.8. The van der Waals surface area contributed by atoms with Crippen molar-refractivity contribution in [2.45, 2.75) is 12.6 Å². The Kier molecular flexibility index (Phi) is 2.32. The van der Waals surface area contributed by atoms with Gasteiger partial charge < -0.3 is 10.3 Å². The molecule has 0 fully saturated rings. The van der Waals surface area contributed by atoms with E-state index in [2.05, 4.69) is 14.7 Å². The normalized spacial score (nSPS) is 12.0. The van der Waals surface area contributed by atoms with Gasteiger partial charge in [-0.25, -0.2) is 0 Å². The number of hydrogen-bond donors (Lipinski definition) is 1. The van der Waals surface area contributed by atoms with Crippen molar-refractivity contribution in [2.75, 3.05) is 6.54 Å². The van der Waals surface area contributed by atoms with Gasteiger partial charge in [0.15, 0.2) is 0 Å². The highest BCUT2D eigenvalue weighted by atomic mass is 19.4. The molecule has 0 aliphatic heterocycles. The smallest absolute Gasteiger partial charge is 0.339 e. The molecule has 0 aliphatic rings. The van der Waals surface area contributed by atoms with Crippen LogP contribution in [0.25, 0.3) is 0 Å². The Bertz CT molecular complexity index is 257. The highest BCUT2D eigenvalue weighted by Crippen LogP contribution is 2.26. The molecule has 0 aromatic carbocycles. The summed E-state index contributed by atoms with van der Waals surface area (Å²) in [7, 11) is 0. The molecular weight excluding hydrogens is 175 g/mol. The molecule has 68 valence electrons. The average Bonchev–Trinajstić information content (AvgIpc) is 2.35. The monoisotopic (exact) mass is 181 g/mol. The third-order valence-electron chi connectivity index (χ3n) is 1.08. The van der Waals surface area contributed by atoms with E-state index in [1.54, 1.807) is 0 Å². The fourth-order valence-corrected chi connectivity index (χ4v) is 0.595. The quantitative estimate of drug-likeness (QED) is 0.725. The standard InChI is InChI=1S/C5H6F3N3O/c6-5(7,8)4-10-3(1-2-9)12-11-4/h1-2,9H2. The highest BCUT2D eigenvalue weighted by Gasteiger charge is 2.36. The first-order valence-corrected chi connectivity index (χ1v) is 3.14. The summed E-state index contributed by atoms with van der Waals surface area (Å²) in [5.74, 6) is -1.35. The molecule has 1 rings (SSSR count). The van der Waals surface area contributed by atoms with E-state index in [1.807, 2.05) is 0 Å². The second kappa shape index (κ2) is 3.10. The molecular formula is C5H6F3N3O. The van der Waals surface area contributed by atoms with Crippen molar-refractivity contribution < 1.29 is 17.7 Å². The number of rotatable bonds is 2. The van der Waals surface area contributed by atoms with Crippen LogP contribution in [-0.4, -0.2) is 16.7 Å². The third kappa shape index (κ3) is 1.94. The fraction of sp³-hybridized carbons (Fsp3) is 0.600. The van der Waals surface area contributed by atoms with Crippen LogP contribution in [0.3, 0.4) is 0 Å². The summed E-state index contributed by atoms with van der Waals surface area (Å²) in [6.45, 7) is 0.180. The minimum absolute atomic E-state index is 0.0928. The van der Waals surface area contributed by atoms with Crippen molar-refractivity contribution in [1.29, 1.82) is 0 Å². The van der Waals surface area contributed by atoms with Gasteiger partial charge in [0.05, 0.1) is 0 Å². The summed E-state index contributed by atoms with van der Waals surface area (Å²) in [5, 5.41) is 2.74. The molecule has 0 saturated carbocycles. The Morgan fingerprint density at radius 1 is 1.42 bits per heavy atom. The summed E-state index contributed by atoms with van der Waals surface area (Å²) >= 11 is 0. The molecule has 1 aromatic heterocycles. The van der Waals surface area contributed by atoms with Crippen molar-refractivity contribution in [3.8, 4) is 0 Å². The molecule has 0 aliphatic carbocycles. The van der Waals surface area contributed by atoms with E-state index in [0.29, 0.717) is 0 Å². The van der Waals surface area contributed by atoms with E-state index in [4.69, 9.17) is 5.73 Å². The topological polar surface area (TPSA) is 64.9 Å². The Balaban J connectivity index is 2.77. The lowest BCUT2D eigenvalue weighted by molar-refractivity contribution is -0.146. The van der Waals surface area contributed by atoms with E-state index < -0.39 is 12.0 Å². The van der Waals surface area contributed by atoms with Crippen LogP contribution < -0.4 is 5.73 Å². The molecule has 0 radical (unpaired) electrons. The van der Waals surface area contributed by atoms with E-state index >= 15 is 0 Å². The largest absolute Gasteiger partial charge is 0.455 e. The summed E-state index contributed by atoms with van der Waals surface area (Å²) in [5.41, 5.74) is 5.07. The summed E-state index contributed by atoms with van der Waals surface area (Å²) in [4.78, 5) is 3.09. The van der Waals surface area contributed by atoms with Gasteiger partial charge in [0.25, 0.3) is 5.82 Å². The Morgan fingerprint density at radius 2 is 2.08 bits per heavy atom. The van der Waals surface area contributed by atoms with E-state index in [0.717, 1.165) is 0 Å². The van der Waals surface area contributed by atoms with Crippen molar-refractivity contribution in [3.05, 3.63) is 11.7 Å². The van der Waals surface area contributed by atoms with Gasteiger partial charge in [0, 0.05) is 13.0 Å². The lowest BCUT2D eigenvalue weighted by Crippen LogP contribution is -2.08. The van der Waals surface area contributed by atoms with Crippen LogP contribution in [0.5, 0.6) is 0 Å². The predicted octanol–water partition coefficient (Wildman–Crippen LogP) is 0.590. The highest BCUT2D eigenvalue weighted by molar-refractivity contribution is 4.90. The van der Waals surface area contributed by atoms with E-state index in [1.165, 1.54) is 0 Å². The molecule has 1 aromatic rings. The molecule has 0 unspecified atom stereocenters. The molecule has 0 bridgehead atoms. The maximum Gasteiger partial charge on any atom is 0.455 e. The molecule has 7 heteroatoms. The molecule has 2 N–H and O–H groups in total. The number of nitrogens with zero attached hydrogens (tertiary/aromatic N) is 2. The van der Waals surface area contributed by atoms with Gasteiger partial charge in [-0.2, -0.15) is 18.2 Å². The molecule has 4 nitrogen and oxygen atoms in total. The van der Waals surface area contributed by atoms with Crippen LogP contribution in [-0.2, 0) is 12.6 Å². The van der Waals surface area contributed by atoms with Crippen LogP contribution in [0.15, 0.2) is 4.52 Å². The molecule has 0 spiro atoms. The zero-order valence-electron chi connectivity index (χ0n) is 5.93. The summed E-state index contributed by atoms with van der Waals surface area (Å²) < 4.78 is 39.7. The summed E-state index contributed by atoms with van der Waals surface area (Å²) in [6, 6.07) is 0. The van der Waals surface area contributed by atoms with E-state index in [-0.39, 0.29) is 18.9 Å². The van der Waals surface area contributed by atoms with Gasteiger partial charge in [0.2, 0.25) is 5.89 Å². The fourth-order valence-electron chi connectivity index (χ4n) is 0.595. The van der Waals surface area contributed by atoms with Gasteiger partial charge in [-0.1, -0.05) is 5.16 Å². The Hall–Kier alpha value is -1.11. The maximum atomic E-state index is 11.8. The van der Waals surface area contributed by atoms with Crippen molar-refractivity contribution in [2.24, 2.45) is 5.73 Å². The second-order valence-electron chi connectivity index (χ2n) is 2.05. The number of nitrogens with two attached hydrogens (primary N) is 1. The van der Waals surface area contributed by atoms with Crippen LogP contribution in [0.2, 0.25) is 0 Å². The van der Waals surface area contributed by atoms with E-state index in [9.17, 15) is 13.2 Å². The van der Waals surface area contributed by atoms with Gasteiger partial charge in [0.1, 0.15) is 0 Å². The predicted molar refractivity (Wildman–Crippen MR) is 32.1 cm³/mol. The minimum Gasteiger partial charge on any atom is -0.339 e. The minimum atomic E-state index is -4.55. The van der Waals surface area contributed by atoms with Crippen LogP contribution in [0.1, 0.15) is 11.7 Å². The van der Waals surface area contributed by atoms with Gasteiger partial charge in [-0.3, -0.25) is 0 Å². The molecule has 12 heavy (non-hydrogen) atoms. The summed E-state index contributed by atoms with van der Waals surface area (Å²) in [6.07, 6.45) is -4.39. The first-order chi connectivity index (χ1) is 5.54. The third-order valence-corrected chi connectivity index (χ3v) is 1.08. The molecule has 0 atom stereocenters. The number of alkyl halides is 3. The number of aromatic nitrogens is 2. The molecule has 0 saturated heterocycles. The molecule has 1 heterocycles. The van der Waals surface area contributed by atoms with Crippen molar-refractivity contribution >= 4 is 0 Å². The van der Waals surface area contributed by atoms with Crippen molar-refractivity contribution in [3.63, 3.8) is 0 Å². The van der Waals surface area contributed by atoms with Gasteiger partial charge in [-0.15, -0.1) is 0 Å². The lowest BCUT2D eigenvalue weighted by atomic mass is 10.4. The zero-order chi connectivity index (χ0) is 9.19. The number of halogens is 3. The van der Waals surface area contributed by atoms with Crippen LogP contribution in [0, 0.1) is 0 Å². The lowest BCUT2D eigenvalue weighted by Gasteiger charge is -1.95. The Labute approximate surface area is 65.5 Å². The average molecular weight is 181 g/mol. The first-order valence-electron chi connectivity index (χ1n) is 3.14. The van der Waals surface area contributed by atoms with Gasteiger partial charge in [-0.05, 0) is 0 Å². The van der Waals surface area contributed by atoms with Crippen LogP contribution >= 0.6 is 0 Å². The Morgan fingerprint density at radius 3 is 2.50 bits per heavy atom. The SMILES string of the molecule is NCCc1nc(C(F)(F)F)no1. The molecule has 0 amide bonds. The second-order valence-corrected chi connectivity index (χ2v) is 2.05. The van der Waals surface area contributed by atoms with Crippen molar-refractivity contribution in [1.82, 2.24) is 10.1 Å². The van der Waals surface area contributed by atoms with Gasteiger partial charge >= 0.3 is 6.18 Å². The zero-order valence-corrected chi connectivity index (χ0v) is 5.93. The van der Waals surface area contributed by atoms with Crippen LogP contribution in [0.4, 0.5) is 13.2 Å². The first kappa shape index (κ1) is 8.98. The number of hydrogen-bond acceptors (Lipinski definition) is 4.